The lowest BCUT2D eigenvalue weighted by molar-refractivity contribution is -0.139. The summed E-state index contributed by atoms with van der Waals surface area (Å²) in [5.74, 6) is -0.755. The number of carboxylic acids is 1. The fourth-order valence-corrected chi connectivity index (χ4v) is 4.23. The van der Waals surface area contributed by atoms with E-state index in [4.69, 9.17) is 4.98 Å². The van der Waals surface area contributed by atoms with Crippen LogP contribution in [0.3, 0.4) is 0 Å². The Labute approximate surface area is 128 Å². The molecule has 0 bridgehead atoms. The number of rotatable bonds is 5. The van der Waals surface area contributed by atoms with E-state index in [-0.39, 0.29) is 12.6 Å². The first kappa shape index (κ1) is 14.5. The van der Waals surface area contributed by atoms with E-state index < -0.39 is 5.97 Å². The Morgan fingerprint density at radius 3 is 2.81 bits per heavy atom. The largest absolute Gasteiger partial charge is 0.480 e. The number of hydrogen-bond donors (Lipinski definition) is 1. The number of aliphatic carboxylic acids is 1. The number of nitrogens with zero attached hydrogens (tertiary/aromatic N) is 2. The van der Waals surface area contributed by atoms with E-state index in [9.17, 15) is 9.90 Å². The van der Waals surface area contributed by atoms with Gasteiger partial charge in [-0.2, -0.15) is 0 Å². The van der Waals surface area contributed by atoms with Gasteiger partial charge in [0.15, 0.2) is 0 Å². The van der Waals surface area contributed by atoms with Crippen molar-refractivity contribution in [2.75, 3.05) is 6.54 Å². The molecule has 1 N–H and O–H groups in total. The molecule has 1 aliphatic carbocycles. The SMILES string of the molecule is CC(c1nc2ccccc2s1)N(CC(=O)O)C1CCCC1. The molecule has 1 heterocycles. The zero-order valence-electron chi connectivity index (χ0n) is 12.2. The highest BCUT2D eigenvalue weighted by atomic mass is 32.1. The predicted molar refractivity (Wildman–Crippen MR) is 84.6 cm³/mol. The summed E-state index contributed by atoms with van der Waals surface area (Å²) >= 11 is 1.67. The van der Waals surface area contributed by atoms with E-state index in [1.165, 1.54) is 17.5 Å². The molecule has 1 aliphatic rings. The van der Waals surface area contributed by atoms with Crippen molar-refractivity contribution in [1.82, 2.24) is 9.88 Å². The third kappa shape index (κ3) is 3.09. The van der Waals surface area contributed by atoms with Crippen LogP contribution in [0.1, 0.15) is 43.7 Å². The molecule has 0 amide bonds. The van der Waals surface area contributed by atoms with Gasteiger partial charge in [-0.05, 0) is 31.9 Å². The monoisotopic (exact) mass is 304 g/mol. The van der Waals surface area contributed by atoms with Crippen LogP contribution in [0.4, 0.5) is 0 Å². The van der Waals surface area contributed by atoms with Crippen LogP contribution in [0.2, 0.25) is 0 Å². The summed E-state index contributed by atoms with van der Waals surface area (Å²) in [6.07, 6.45) is 4.60. The number of hydrogen-bond acceptors (Lipinski definition) is 4. The fourth-order valence-electron chi connectivity index (χ4n) is 3.18. The Hall–Kier alpha value is -1.46. The molecule has 4 nitrogen and oxygen atoms in total. The Bertz CT molecular complexity index is 601. The molecule has 1 fully saturated rings. The predicted octanol–water partition coefficient (Wildman–Crippen LogP) is 3.69. The average molecular weight is 304 g/mol. The van der Waals surface area contributed by atoms with Crippen LogP contribution in [0.15, 0.2) is 24.3 Å². The Balaban J connectivity index is 1.87. The summed E-state index contributed by atoms with van der Waals surface area (Å²) in [6.45, 7) is 2.18. The number of thiazole rings is 1. The topological polar surface area (TPSA) is 53.4 Å². The second-order valence-electron chi connectivity index (χ2n) is 5.70. The van der Waals surface area contributed by atoms with Crippen molar-refractivity contribution in [2.24, 2.45) is 0 Å². The number of carboxylic acid groups (broad SMARTS) is 1. The molecule has 0 saturated heterocycles. The molecule has 2 aromatic rings. The van der Waals surface area contributed by atoms with Crippen molar-refractivity contribution in [3.8, 4) is 0 Å². The van der Waals surface area contributed by atoms with Gasteiger partial charge in [-0.15, -0.1) is 11.3 Å². The molecule has 1 aromatic carbocycles. The molecule has 0 radical (unpaired) electrons. The first-order chi connectivity index (χ1) is 10.1. The summed E-state index contributed by atoms with van der Waals surface area (Å²) in [5.41, 5.74) is 1.01. The Kier molecular flexibility index (Phi) is 4.22. The molecule has 1 unspecified atom stereocenters. The quantitative estimate of drug-likeness (QED) is 0.915. The standard InChI is InChI=1S/C16H20N2O2S/c1-11(16-17-13-8-4-5-9-14(13)21-16)18(10-15(19)20)12-6-2-3-7-12/h4-5,8-9,11-12H,2-3,6-7,10H2,1H3,(H,19,20). The lowest BCUT2D eigenvalue weighted by Crippen LogP contribution is -2.39. The summed E-state index contributed by atoms with van der Waals surface area (Å²) in [7, 11) is 0. The summed E-state index contributed by atoms with van der Waals surface area (Å²) in [4.78, 5) is 18.0. The van der Waals surface area contributed by atoms with Gasteiger partial charge in [0.2, 0.25) is 0 Å². The number of benzene rings is 1. The van der Waals surface area contributed by atoms with E-state index in [0.29, 0.717) is 6.04 Å². The number of carbonyl (C=O) groups is 1. The first-order valence-corrected chi connectivity index (χ1v) is 8.30. The van der Waals surface area contributed by atoms with Gasteiger partial charge < -0.3 is 5.11 Å². The average Bonchev–Trinajstić information content (AvgIpc) is 3.12. The molecule has 1 aromatic heterocycles. The second kappa shape index (κ2) is 6.12. The van der Waals surface area contributed by atoms with Crippen LogP contribution in [0, 0.1) is 0 Å². The van der Waals surface area contributed by atoms with Crippen LogP contribution >= 0.6 is 11.3 Å². The van der Waals surface area contributed by atoms with Gasteiger partial charge in [0.1, 0.15) is 5.01 Å². The molecule has 3 rings (SSSR count). The lowest BCUT2D eigenvalue weighted by Gasteiger charge is -2.31. The lowest BCUT2D eigenvalue weighted by atomic mass is 10.1. The van der Waals surface area contributed by atoms with Crippen LogP contribution < -0.4 is 0 Å². The molecule has 0 aliphatic heterocycles. The van der Waals surface area contributed by atoms with E-state index >= 15 is 0 Å². The zero-order chi connectivity index (χ0) is 14.8. The van der Waals surface area contributed by atoms with Gasteiger partial charge >= 0.3 is 5.97 Å². The minimum atomic E-state index is -0.755. The number of para-hydroxylation sites is 1. The van der Waals surface area contributed by atoms with Crippen LogP contribution in [0.25, 0.3) is 10.2 Å². The van der Waals surface area contributed by atoms with E-state index in [0.717, 1.165) is 23.4 Å². The van der Waals surface area contributed by atoms with Gasteiger partial charge in [-0.1, -0.05) is 25.0 Å². The first-order valence-electron chi connectivity index (χ1n) is 7.48. The van der Waals surface area contributed by atoms with Gasteiger partial charge in [0, 0.05) is 6.04 Å². The fraction of sp³-hybridized carbons (Fsp3) is 0.500. The van der Waals surface area contributed by atoms with Gasteiger partial charge in [-0.25, -0.2) is 4.98 Å². The summed E-state index contributed by atoms with van der Waals surface area (Å²) in [5, 5.41) is 10.2. The minimum Gasteiger partial charge on any atom is -0.480 e. The van der Waals surface area contributed by atoms with Crippen molar-refractivity contribution < 1.29 is 9.90 Å². The molecule has 1 atom stereocenters. The highest BCUT2D eigenvalue weighted by Crippen LogP contribution is 2.34. The molecular weight excluding hydrogens is 284 g/mol. The number of fused-ring (bicyclic) bond motifs is 1. The van der Waals surface area contributed by atoms with Gasteiger partial charge in [-0.3, -0.25) is 9.69 Å². The van der Waals surface area contributed by atoms with Gasteiger partial charge in [0.25, 0.3) is 0 Å². The number of aromatic nitrogens is 1. The van der Waals surface area contributed by atoms with E-state index in [2.05, 4.69) is 17.9 Å². The van der Waals surface area contributed by atoms with Crippen molar-refractivity contribution in [3.05, 3.63) is 29.3 Å². The van der Waals surface area contributed by atoms with Crippen molar-refractivity contribution in [3.63, 3.8) is 0 Å². The Morgan fingerprint density at radius 1 is 1.43 bits per heavy atom. The molecule has 1 saturated carbocycles. The summed E-state index contributed by atoms with van der Waals surface area (Å²) < 4.78 is 1.17. The smallest absolute Gasteiger partial charge is 0.317 e. The van der Waals surface area contributed by atoms with E-state index in [1.807, 2.05) is 18.2 Å². The highest BCUT2D eigenvalue weighted by molar-refractivity contribution is 7.18. The van der Waals surface area contributed by atoms with Gasteiger partial charge in [0.05, 0.1) is 22.8 Å². The second-order valence-corrected chi connectivity index (χ2v) is 6.76. The third-order valence-corrected chi connectivity index (χ3v) is 5.48. The molecule has 5 heteroatoms. The third-order valence-electron chi connectivity index (χ3n) is 4.28. The maximum Gasteiger partial charge on any atom is 0.317 e. The highest BCUT2D eigenvalue weighted by Gasteiger charge is 2.30. The van der Waals surface area contributed by atoms with Crippen LogP contribution in [-0.2, 0) is 4.79 Å². The van der Waals surface area contributed by atoms with Crippen molar-refractivity contribution >= 4 is 27.5 Å². The maximum atomic E-state index is 11.2. The maximum absolute atomic E-state index is 11.2. The normalized spacial score (nSPS) is 17.6. The molecule has 21 heavy (non-hydrogen) atoms. The van der Waals surface area contributed by atoms with E-state index in [1.54, 1.807) is 11.3 Å². The molecule has 0 spiro atoms. The van der Waals surface area contributed by atoms with Crippen molar-refractivity contribution in [2.45, 2.75) is 44.7 Å². The van der Waals surface area contributed by atoms with Crippen LogP contribution in [0.5, 0.6) is 0 Å². The van der Waals surface area contributed by atoms with Crippen molar-refractivity contribution in [1.29, 1.82) is 0 Å². The minimum absolute atomic E-state index is 0.0570. The molecule has 112 valence electrons. The Morgan fingerprint density at radius 2 is 2.14 bits per heavy atom. The van der Waals surface area contributed by atoms with Crippen LogP contribution in [-0.4, -0.2) is 33.5 Å². The zero-order valence-corrected chi connectivity index (χ0v) is 13.0. The summed E-state index contributed by atoms with van der Waals surface area (Å²) in [6, 6.07) is 8.52. The molecular formula is C16H20N2O2S.